The summed E-state index contributed by atoms with van der Waals surface area (Å²) in [5, 5.41) is 1.19. The number of nitrogens with zero attached hydrogens (tertiary/aromatic N) is 2. The molecule has 0 bridgehead atoms. The first-order valence-corrected chi connectivity index (χ1v) is 13.2. The quantitative estimate of drug-likeness (QED) is 0.370. The van der Waals surface area contributed by atoms with Crippen molar-refractivity contribution in [2.24, 2.45) is 11.8 Å². The van der Waals surface area contributed by atoms with Crippen LogP contribution in [0.15, 0.2) is 54.7 Å². The number of H-pyrrole nitrogens is 1. The Hall–Kier alpha value is -3.08. The minimum absolute atomic E-state index is 0.00982. The van der Waals surface area contributed by atoms with Crippen molar-refractivity contribution in [3.05, 3.63) is 71.4 Å². The van der Waals surface area contributed by atoms with Crippen molar-refractivity contribution in [1.82, 2.24) is 14.8 Å². The molecule has 1 aromatic heterocycles. The maximum absolute atomic E-state index is 13.6. The number of fused-ring (bicyclic) bond motifs is 1. The standard InChI is InChI=1S/C31H43N3O2/c1-22(2)19-34(30(36)23(3)4)21-29(35)33(20-24-12-14-26(15-13-24)31(5,6)7)17-16-25-18-32-28-11-9-8-10-27(25)28/h8-15,18,22-23,32H,16-17,19-21H2,1-7H3. The molecule has 3 aromatic rings. The number of benzene rings is 2. The molecule has 0 saturated carbocycles. The highest BCUT2D eigenvalue weighted by molar-refractivity contribution is 5.86. The van der Waals surface area contributed by atoms with Gasteiger partial charge in [-0.25, -0.2) is 0 Å². The summed E-state index contributed by atoms with van der Waals surface area (Å²) in [6.45, 7) is 16.4. The maximum Gasteiger partial charge on any atom is 0.242 e. The molecule has 5 heteroatoms. The van der Waals surface area contributed by atoms with Crippen LogP contribution in [0.1, 0.15) is 65.2 Å². The van der Waals surface area contributed by atoms with Crippen LogP contribution in [0, 0.1) is 11.8 Å². The van der Waals surface area contributed by atoms with E-state index in [0.717, 1.165) is 17.5 Å². The number of rotatable bonds is 10. The highest BCUT2D eigenvalue weighted by Gasteiger charge is 2.24. The normalized spacial score (nSPS) is 11.9. The lowest BCUT2D eigenvalue weighted by atomic mass is 9.87. The Balaban J connectivity index is 1.82. The van der Waals surface area contributed by atoms with E-state index in [9.17, 15) is 9.59 Å². The Morgan fingerprint density at radius 2 is 1.58 bits per heavy atom. The minimum atomic E-state index is -0.138. The third-order valence-corrected chi connectivity index (χ3v) is 6.59. The molecule has 5 nitrogen and oxygen atoms in total. The first kappa shape index (κ1) is 27.5. The second-order valence-electron chi connectivity index (χ2n) is 11.6. The average Bonchev–Trinajstić information content (AvgIpc) is 3.23. The summed E-state index contributed by atoms with van der Waals surface area (Å²) < 4.78 is 0. The van der Waals surface area contributed by atoms with Gasteiger partial charge in [-0.05, 0) is 40.5 Å². The summed E-state index contributed by atoms with van der Waals surface area (Å²) in [5.74, 6) is 0.179. The van der Waals surface area contributed by atoms with Crippen LogP contribution < -0.4 is 0 Å². The van der Waals surface area contributed by atoms with Gasteiger partial charge in [0.25, 0.3) is 0 Å². The van der Waals surface area contributed by atoms with Crippen LogP contribution >= 0.6 is 0 Å². The minimum Gasteiger partial charge on any atom is -0.361 e. The highest BCUT2D eigenvalue weighted by Crippen LogP contribution is 2.23. The third kappa shape index (κ3) is 7.22. The summed E-state index contributed by atoms with van der Waals surface area (Å²) in [6.07, 6.45) is 2.79. The van der Waals surface area contributed by atoms with Gasteiger partial charge in [0.1, 0.15) is 0 Å². The molecule has 3 rings (SSSR count). The summed E-state index contributed by atoms with van der Waals surface area (Å²) in [4.78, 5) is 33.5. The number of hydrogen-bond donors (Lipinski definition) is 1. The van der Waals surface area contributed by atoms with Crippen LogP contribution in [0.3, 0.4) is 0 Å². The van der Waals surface area contributed by atoms with Gasteiger partial charge in [0.15, 0.2) is 0 Å². The van der Waals surface area contributed by atoms with E-state index in [1.165, 1.54) is 16.5 Å². The van der Waals surface area contributed by atoms with Gasteiger partial charge in [0.05, 0.1) is 6.54 Å². The third-order valence-electron chi connectivity index (χ3n) is 6.59. The van der Waals surface area contributed by atoms with Crippen LogP contribution in [0.5, 0.6) is 0 Å². The fourth-order valence-corrected chi connectivity index (χ4v) is 4.52. The predicted octanol–water partition coefficient (Wildman–Crippen LogP) is 6.18. The smallest absolute Gasteiger partial charge is 0.242 e. The molecule has 0 spiro atoms. The molecule has 1 heterocycles. The molecule has 194 valence electrons. The van der Waals surface area contributed by atoms with Gasteiger partial charge in [0, 0.05) is 42.7 Å². The van der Waals surface area contributed by atoms with Crippen molar-refractivity contribution in [3.63, 3.8) is 0 Å². The largest absolute Gasteiger partial charge is 0.361 e. The highest BCUT2D eigenvalue weighted by atomic mass is 16.2. The molecular weight excluding hydrogens is 446 g/mol. The molecule has 0 saturated heterocycles. The molecule has 0 aliphatic rings. The van der Waals surface area contributed by atoms with Gasteiger partial charge in [-0.3, -0.25) is 9.59 Å². The number of aromatic amines is 1. The van der Waals surface area contributed by atoms with Crippen molar-refractivity contribution in [3.8, 4) is 0 Å². The molecule has 0 aliphatic heterocycles. The summed E-state index contributed by atoms with van der Waals surface area (Å²) in [6, 6.07) is 16.8. The molecule has 0 aliphatic carbocycles. The molecule has 0 radical (unpaired) electrons. The fraction of sp³-hybridized carbons (Fsp3) is 0.484. The Labute approximate surface area is 216 Å². The van der Waals surface area contributed by atoms with Crippen molar-refractivity contribution >= 4 is 22.7 Å². The summed E-state index contributed by atoms with van der Waals surface area (Å²) in [5.41, 5.74) is 4.75. The average molecular weight is 490 g/mol. The SMILES string of the molecule is CC(C)CN(CC(=O)N(CCc1c[nH]c2ccccc12)Cc1ccc(C(C)(C)C)cc1)C(=O)C(C)C. The lowest BCUT2D eigenvalue weighted by Gasteiger charge is -2.30. The fourth-order valence-electron chi connectivity index (χ4n) is 4.52. The van der Waals surface area contributed by atoms with E-state index < -0.39 is 0 Å². The Kier molecular flexibility index (Phi) is 8.99. The lowest BCUT2D eigenvalue weighted by molar-refractivity contribution is -0.143. The van der Waals surface area contributed by atoms with Crippen molar-refractivity contribution in [2.45, 2.75) is 66.8 Å². The van der Waals surface area contributed by atoms with Gasteiger partial charge < -0.3 is 14.8 Å². The number of amides is 2. The Morgan fingerprint density at radius 3 is 2.19 bits per heavy atom. The Bertz CT molecular complexity index is 1150. The second-order valence-corrected chi connectivity index (χ2v) is 11.6. The van der Waals surface area contributed by atoms with Gasteiger partial charge in [-0.15, -0.1) is 0 Å². The zero-order valence-electron chi connectivity index (χ0n) is 23.1. The summed E-state index contributed by atoms with van der Waals surface area (Å²) >= 11 is 0. The van der Waals surface area contributed by atoms with Crippen LogP contribution in [0.25, 0.3) is 10.9 Å². The van der Waals surface area contributed by atoms with Crippen molar-refractivity contribution < 1.29 is 9.59 Å². The number of carbonyl (C=O) groups is 2. The molecule has 1 N–H and O–H groups in total. The molecular formula is C31H43N3O2. The molecule has 2 aromatic carbocycles. The van der Waals surface area contributed by atoms with Crippen LogP contribution in [0.4, 0.5) is 0 Å². The zero-order valence-corrected chi connectivity index (χ0v) is 23.1. The molecule has 0 atom stereocenters. The first-order chi connectivity index (χ1) is 17.0. The van der Waals surface area contributed by atoms with Crippen molar-refractivity contribution in [2.75, 3.05) is 19.6 Å². The van der Waals surface area contributed by atoms with E-state index in [4.69, 9.17) is 0 Å². The van der Waals surface area contributed by atoms with Crippen LogP contribution in [-0.2, 0) is 28.0 Å². The zero-order chi connectivity index (χ0) is 26.5. The first-order valence-electron chi connectivity index (χ1n) is 13.2. The molecule has 0 unspecified atom stereocenters. The van der Waals surface area contributed by atoms with E-state index in [2.05, 4.69) is 76.0 Å². The van der Waals surface area contributed by atoms with Gasteiger partial charge >= 0.3 is 0 Å². The molecule has 36 heavy (non-hydrogen) atoms. The van der Waals surface area contributed by atoms with Gasteiger partial charge in [0.2, 0.25) is 11.8 Å². The number of aromatic nitrogens is 1. The van der Waals surface area contributed by atoms with E-state index in [-0.39, 0.29) is 29.7 Å². The van der Waals surface area contributed by atoms with Crippen molar-refractivity contribution in [1.29, 1.82) is 0 Å². The number of hydrogen-bond acceptors (Lipinski definition) is 2. The van der Waals surface area contributed by atoms with Gasteiger partial charge in [-0.2, -0.15) is 0 Å². The number of carbonyl (C=O) groups excluding carboxylic acids is 2. The lowest BCUT2D eigenvalue weighted by Crippen LogP contribution is -2.45. The second kappa shape index (κ2) is 11.8. The van der Waals surface area contributed by atoms with E-state index in [1.807, 2.05) is 37.1 Å². The topological polar surface area (TPSA) is 56.4 Å². The summed E-state index contributed by atoms with van der Waals surface area (Å²) in [7, 11) is 0. The molecule has 0 fully saturated rings. The maximum atomic E-state index is 13.6. The monoisotopic (exact) mass is 489 g/mol. The number of nitrogens with one attached hydrogen (secondary N) is 1. The van der Waals surface area contributed by atoms with Gasteiger partial charge in [-0.1, -0.05) is 90.9 Å². The number of para-hydroxylation sites is 1. The molecule has 2 amide bonds. The van der Waals surface area contributed by atoms with Crippen LogP contribution in [0.2, 0.25) is 0 Å². The van der Waals surface area contributed by atoms with Crippen LogP contribution in [-0.4, -0.2) is 46.2 Å². The van der Waals surface area contributed by atoms with E-state index >= 15 is 0 Å². The van der Waals surface area contributed by atoms with E-state index in [0.29, 0.717) is 25.6 Å². The predicted molar refractivity (Wildman–Crippen MR) is 149 cm³/mol. The Morgan fingerprint density at radius 1 is 0.917 bits per heavy atom. The van der Waals surface area contributed by atoms with E-state index in [1.54, 1.807) is 4.90 Å².